The summed E-state index contributed by atoms with van der Waals surface area (Å²) in [6, 6.07) is 0.530. The van der Waals surface area contributed by atoms with E-state index in [0.717, 1.165) is 31.3 Å². The molecule has 0 heterocycles. The molecule has 2 aliphatic carbocycles. The zero-order valence-electron chi connectivity index (χ0n) is 13.5. The lowest BCUT2D eigenvalue weighted by Gasteiger charge is -2.54. The first kappa shape index (κ1) is 19.4. The molecule has 0 saturated heterocycles. The summed E-state index contributed by atoms with van der Waals surface area (Å²) in [5, 5.41) is 7.03. The second-order valence-electron chi connectivity index (χ2n) is 5.81. The lowest BCUT2D eigenvalue weighted by Crippen LogP contribution is -2.65. The number of thioether (sulfide) groups is 1. The third-order valence-electron chi connectivity index (χ3n) is 4.82. The van der Waals surface area contributed by atoms with E-state index in [1.807, 2.05) is 18.8 Å². The van der Waals surface area contributed by atoms with Crippen LogP contribution in [0.2, 0.25) is 0 Å². The maximum Gasteiger partial charge on any atom is 0.191 e. The van der Waals surface area contributed by atoms with E-state index in [1.165, 1.54) is 25.7 Å². The third kappa shape index (κ3) is 4.41. The Morgan fingerprint density at radius 3 is 2.67 bits per heavy atom. The predicted molar refractivity (Wildman–Crippen MR) is 103 cm³/mol. The summed E-state index contributed by atoms with van der Waals surface area (Å²) < 4.78 is 5.96. The van der Waals surface area contributed by atoms with Gasteiger partial charge in [0.1, 0.15) is 0 Å². The number of nitrogens with zero attached hydrogens (tertiary/aromatic N) is 1. The summed E-state index contributed by atoms with van der Waals surface area (Å²) in [6.07, 6.45) is 9.01. The zero-order chi connectivity index (χ0) is 14.4. The highest BCUT2D eigenvalue weighted by Crippen LogP contribution is 2.54. The van der Waals surface area contributed by atoms with Gasteiger partial charge in [-0.2, -0.15) is 11.8 Å². The molecule has 0 bridgehead atoms. The summed E-state index contributed by atoms with van der Waals surface area (Å²) in [6.45, 7) is 3.90. The minimum atomic E-state index is 0. The smallest absolute Gasteiger partial charge is 0.191 e. The van der Waals surface area contributed by atoms with E-state index in [2.05, 4.69) is 28.8 Å². The Morgan fingerprint density at radius 1 is 1.38 bits per heavy atom. The van der Waals surface area contributed by atoms with Crippen molar-refractivity contribution in [1.29, 1.82) is 0 Å². The van der Waals surface area contributed by atoms with Crippen LogP contribution in [0.5, 0.6) is 0 Å². The van der Waals surface area contributed by atoms with E-state index in [1.54, 1.807) is 0 Å². The molecule has 0 aromatic rings. The summed E-state index contributed by atoms with van der Waals surface area (Å²) in [4.78, 5) is 4.35. The number of hydrogen-bond donors (Lipinski definition) is 2. The van der Waals surface area contributed by atoms with E-state index in [0.29, 0.717) is 17.6 Å². The molecule has 2 N–H and O–H groups in total. The van der Waals surface area contributed by atoms with Crippen molar-refractivity contribution in [3.05, 3.63) is 0 Å². The summed E-state index contributed by atoms with van der Waals surface area (Å²) >= 11 is 1.85. The Labute approximate surface area is 150 Å². The maximum atomic E-state index is 5.96. The number of guanidine groups is 1. The molecule has 124 valence electrons. The van der Waals surface area contributed by atoms with Gasteiger partial charge in [-0.3, -0.25) is 4.99 Å². The number of nitrogens with one attached hydrogen (secondary N) is 2. The first-order chi connectivity index (χ1) is 9.76. The summed E-state index contributed by atoms with van der Waals surface area (Å²) in [5.41, 5.74) is 0.368. The van der Waals surface area contributed by atoms with Gasteiger partial charge in [0.05, 0.1) is 6.10 Å². The molecule has 4 nitrogen and oxygen atoms in total. The molecule has 0 aliphatic heterocycles. The standard InChI is InChI=1S/C15H29N3OS.HI/c1-4-19-13-11-12(15(13)7-5-6-8-15)18-14(16-2)17-9-10-20-3;/h12-13H,4-11H2,1-3H3,(H2,16,17,18);1H. The Kier molecular flexibility index (Phi) is 8.71. The van der Waals surface area contributed by atoms with Crippen molar-refractivity contribution in [2.45, 2.75) is 51.2 Å². The van der Waals surface area contributed by atoms with Crippen molar-refractivity contribution in [2.24, 2.45) is 10.4 Å². The van der Waals surface area contributed by atoms with E-state index in [4.69, 9.17) is 4.74 Å². The van der Waals surface area contributed by atoms with Crippen molar-refractivity contribution in [3.63, 3.8) is 0 Å². The fourth-order valence-corrected chi connectivity index (χ4v) is 4.03. The van der Waals surface area contributed by atoms with Gasteiger partial charge in [-0.1, -0.05) is 12.8 Å². The summed E-state index contributed by atoms with van der Waals surface area (Å²) in [7, 11) is 1.86. The molecule has 0 amide bonds. The van der Waals surface area contributed by atoms with E-state index >= 15 is 0 Å². The van der Waals surface area contributed by atoms with Crippen LogP contribution in [0.1, 0.15) is 39.0 Å². The topological polar surface area (TPSA) is 45.6 Å². The molecule has 2 rings (SSSR count). The van der Waals surface area contributed by atoms with Gasteiger partial charge in [-0.25, -0.2) is 0 Å². The van der Waals surface area contributed by atoms with Crippen LogP contribution in [0.15, 0.2) is 4.99 Å². The highest BCUT2D eigenvalue weighted by Gasteiger charge is 2.56. The van der Waals surface area contributed by atoms with Gasteiger partial charge in [-0.15, -0.1) is 24.0 Å². The molecule has 0 aromatic heterocycles. The summed E-state index contributed by atoms with van der Waals surface area (Å²) in [5.74, 6) is 2.06. The number of halogens is 1. The highest BCUT2D eigenvalue weighted by molar-refractivity contribution is 14.0. The second kappa shape index (κ2) is 9.45. The van der Waals surface area contributed by atoms with Crippen LogP contribution >= 0.6 is 35.7 Å². The van der Waals surface area contributed by atoms with Gasteiger partial charge in [0.15, 0.2) is 5.96 Å². The largest absolute Gasteiger partial charge is 0.378 e. The van der Waals surface area contributed by atoms with Gasteiger partial charge in [0.2, 0.25) is 0 Å². The van der Waals surface area contributed by atoms with Crippen molar-refractivity contribution < 1.29 is 4.74 Å². The van der Waals surface area contributed by atoms with Crippen LogP contribution in [-0.4, -0.2) is 50.3 Å². The van der Waals surface area contributed by atoms with Gasteiger partial charge >= 0.3 is 0 Å². The first-order valence-electron chi connectivity index (χ1n) is 7.84. The van der Waals surface area contributed by atoms with Crippen molar-refractivity contribution in [3.8, 4) is 0 Å². The third-order valence-corrected chi connectivity index (χ3v) is 5.43. The molecular weight excluding hydrogens is 397 g/mol. The number of ether oxygens (including phenoxy) is 1. The highest BCUT2D eigenvalue weighted by atomic mass is 127. The fraction of sp³-hybridized carbons (Fsp3) is 0.933. The molecule has 0 radical (unpaired) electrons. The SMILES string of the molecule is CCOC1CC(NC(=NC)NCCSC)C12CCCC2.I. The van der Waals surface area contributed by atoms with Gasteiger partial charge < -0.3 is 15.4 Å². The predicted octanol–water partition coefficient (Wildman–Crippen LogP) is 2.87. The first-order valence-corrected chi connectivity index (χ1v) is 9.24. The number of aliphatic imine (C=N–C) groups is 1. The number of rotatable bonds is 6. The minimum Gasteiger partial charge on any atom is -0.378 e. The van der Waals surface area contributed by atoms with E-state index < -0.39 is 0 Å². The average molecular weight is 427 g/mol. The molecule has 2 aliphatic rings. The molecule has 0 aromatic carbocycles. The van der Waals surface area contributed by atoms with Crippen LogP contribution in [-0.2, 0) is 4.74 Å². The Bertz CT molecular complexity index is 335. The molecule has 21 heavy (non-hydrogen) atoms. The Morgan fingerprint density at radius 2 is 2.10 bits per heavy atom. The van der Waals surface area contributed by atoms with Crippen LogP contribution in [0, 0.1) is 5.41 Å². The molecule has 2 unspecified atom stereocenters. The quantitative estimate of drug-likeness (QED) is 0.296. The monoisotopic (exact) mass is 427 g/mol. The van der Waals surface area contributed by atoms with E-state index in [-0.39, 0.29) is 24.0 Å². The lowest BCUT2D eigenvalue weighted by atomic mass is 9.60. The normalized spacial score (nSPS) is 27.1. The van der Waals surface area contributed by atoms with Crippen molar-refractivity contribution in [1.82, 2.24) is 10.6 Å². The molecule has 1 spiro atoms. The van der Waals surface area contributed by atoms with Crippen LogP contribution in [0.4, 0.5) is 0 Å². The van der Waals surface area contributed by atoms with Gasteiger partial charge in [0, 0.05) is 37.4 Å². The van der Waals surface area contributed by atoms with Gasteiger partial charge in [-0.05, 0) is 32.4 Å². The molecule has 6 heteroatoms. The minimum absolute atomic E-state index is 0. The van der Waals surface area contributed by atoms with Crippen LogP contribution in [0.3, 0.4) is 0 Å². The molecule has 2 fully saturated rings. The molecule has 2 saturated carbocycles. The maximum absolute atomic E-state index is 5.96. The average Bonchev–Trinajstić information content (AvgIpc) is 2.97. The number of hydrogen-bond acceptors (Lipinski definition) is 3. The van der Waals surface area contributed by atoms with Crippen LogP contribution in [0.25, 0.3) is 0 Å². The molecule has 2 atom stereocenters. The van der Waals surface area contributed by atoms with Gasteiger partial charge in [0.25, 0.3) is 0 Å². The van der Waals surface area contributed by atoms with Crippen LogP contribution < -0.4 is 10.6 Å². The Balaban J connectivity index is 0.00000220. The zero-order valence-corrected chi connectivity index (χ0v) is 16.6. The fourth-order valence-electron chi connectivity index (χ4n) is 3.72. The lowest BCUT2D eigenvalue weighted by molar-refractivity contribution is -0.125. The van der Waals surface area contributed by atoms with Crippen molar-refractivity contribution in [2.75, 3.05) is 32.2 Å². The van der Waals surface area contributed by atoms with Crippen molar-refractivity contribution >= 4 is 41.7 Å². The second-order valence-corrected chi connectivity index (χ2v) is 6.79. The Hall–Kier alpha value is 0.310. The molecular formula is C15H30IN3OS. The van der Waals surface area contributed by atoms with E-state index in [9.17, 15) is 0 Å².